The number of carbonyl (C=O) groups is 1. The number of hydrogen-bond donors (Lipinski definition) is 3. The van der Waals surface area contributed by atoms with Gasteiger partial charge in [-0.15, -0.1) is 0 Å². The highest BCUT2D eigenvalue weighted by atomic mass is 16.7. The number of hydrogen-bond acceptors (Lipinski definition) is 4. The molecule has 0 aromatic heterocycles. The molecule has 1 aromatic rings. The van der Waals surface area contributed by atoms with Gasteiger partial charge in [0.15, 0.2) is 11.5 Å². The van der Waals surface area contributed by atoms with Gasteiger partial charge in [0.2, 0.25) is 12.7 Å². The van der Waals surface area contributed by atoms with E-state index in [1.54, 1.807) is 0 Å². The lowest BCUT2D eigenvalue weighted by atomic mass is 9.96. The lowest BCUT2D eigenvalue weighted by molar-refractivity contribution is -0.908. The molecule has 22 heavy (non-hydrogen) atoms. The van der Waals surface area contributed by atoms with Crippen molar-refractivity contribution in [3.8, 4) is 11.5 Å². The Balaban J connectivity index is 1.48. The predicted octanol–water partition coefficient (Wildman–Crippen LogP) is -0.901. The van der Waals surface area contributed by atoms with Gasteiger partial charge in [0.05, 0.1) is 13.1 Å². The molecule has 2 heterocycles. The zero-order chi connectivity index (χ0) is 15.5. The SMILES string of the molecule is NC(=O)C1CC[NH+](C[C@H](O)Cc2ccc3c(c2)OCO3)CC1. The number of carbonyl (C=O) groups excluding carboxylic acids is 1. The lowest BCUT2D eigenvalue weighted by Gasteiger charge is -2.29. The van der Waals surface area contributed by atoms with Crippen LogP contribution >= 0.6 is 0 Å². The van der Waals surface area contributed by atoms with Crippen molar-refractivity contribution in [1.82, 2.24) is 0 Å². The summed E-state index contributed by atoms with van der Waals surface area (Å²) in [4.78, 5) is 12.5. The third-order valence-corrected chi connectivity index (χ3v) is 4.53. The molecule has 0 spiro atoms. The molecule has 6 heteroatoms. The molecule has 1 atom stereocenters. The smallest absolute Gasteiger partial charge is 0.231 e. The van der Waals surface area contributed by atoms with Crippen molar-refractivity contribution in [2.24, 2.45) is 11.7 Å². The van der Waals surface area contributed by atoms with Crippen molar-refractivity contribution in [2.45, 2.75) is 25.4 Å². The van der Waals surface area contributed by atoms with Gasteiger partial charge in [0, 0.05) is 25.2 Å². The molecule has 0 unspecified atom stereocenters. The Morgan fingerprint density at radius 2 is 2.05 bits per heavy atom. The molecule has 0 saturated carbocycles. The van der Waals surface area contributed by atoms with Crippen LogP contribution in [0.4, 0.5) is 0 Å². The van der Waals surface area contributed by atoms with Crippen LogP contribution < -0.4 is 20.1 Å². The Kier molecular flexibility index (Phi) is 4.49. The average molecular weight is 307 g/mol. The van der Waals surface area contributed by atoms with E-state index in [0.717, 1.165) is 43.0 Å². The van der Waals surface area contributed by atoms with Crippen molar-refractivity contribution in [1.29, 1.82) is 0 Å². The first-order valence-electron chi connectivity index (χ1n) is 7.81. The molecular formula is C16H23N2O4+. The molecule has 6 nitrogen and oxygen atoms in total. The van der Waals surface area contributed by atoms with Gasteiger partial charge in [-0.05, 0) is 17.7 Å². The number of rotatable bonds is 5. The second-order valence-corrected chi connectivity index (χ2v) is 6.18. The molecule has 0 aliphatic carbocycles. The van der Waals surface area contributed by atoms with E-state index >= 15 is 0 Å². The van der Waals surface area contributed by atoms with E-state index in [2.05, 4.69) is 0 Å². The molecule has 0 bridgehead atoms. The first-order chi connectivity index (χ1) is 10.6. The normalized spacial score (nSPS) is 25.0. The van der Waals surface area contributed by atoms with Gasteiger partial charge in [0.1, 0.15) is 12.6 Å². The molecule has 2 aliphatic heterocycles. The zero-order valence-corrected chi connectivity index (χ0v) is 12.6. The van der Waals surface area contributed by atoms with E-state index in [1.165, 1.54) is 4.90 Å². The van der Waals surface area contributed by atoms with Crippen LogP contribution in [0.3, 0.4) is 0 Å². The maximum atomic E-state index is 11.2. The van der Waals surface area contributed by atoms with E-state index in [-0.39, 0.29) is 18.6 Å². The zero-order valence-electron chi connectivity index (χ0n) is 12.6. The molecule has 1 amide bonds. The summed E-state index contributed by atoms with van der Waals surface area (Å²) in [6.45, 7) is 2.75. The van der Waals surface area contributed by atoms with Crippen LogP contribution in [-0.4, -0.2) is 43.5 Å². The first kappa shape index (κ1) is 15.1. The quantitative estimate of drug-likeness (QED) is 0.658. The number of ether oxygens (including phenoxy) is 2. The largest absolute Gasteiger partial charge is 0.454 e. The number of quaternary nitrogens is 1. The second-order valence-electron chi connectivity index (χ2n) is 6.18. The van der Waals surface area contributed by atoms with E-state index < -0.39 is 6.10 Å². The Hall–Kier alpha value is -1.79. The molecule has 4 N–H and O–H groups in total. The summed E-state index contributed by atoms with van der Waals surface area (Å²) in [6.07, 6.45) is 1.84. The monoisotopic (exact) mass is 307 g/mol. The number of piperidine rings is 1. The van der Waals surface area contributed by atoms with Crippen LogP contribution in [0.5, 0.6) is 11.5 Å². The number of likely N-dealkylation sites (tertiary alicyclic amines) is 1. The molecule has 2 aliphatic rings. The van der Waals surface area contributed by atoms with Crippen molar-refractivity contribution in [2.75, 3.05) is 26.4 Å². The molecule has 120 valence electrons. The highest BCUT2D eigenvalue weighted by Gasteiger charge is 2.27. The summed E-state index contributed by atoms with van der Waals surface area (Å²) in [5.41, 5.74) is 6.39. The Morgan fingerprint density at radius 1 is 1.32 bits per heavy atom. The van der Waals surface area contributed by atoms with E-state index in [9.17, 15) is 9.90 Å². The molecule has 1 fully saturated rings. The van der Waals surface area contributed by atoms with Crippen LogP contribution in [-0.2, 0) is 11.2 Å². The van der Waals surface area contributed by atoms with Crippen molar-refractivity contribution in [3.05, 3.63) is 23.8 Å². The number of fused-ring (bicyclic) bond motifs is 1. The van der Waals surface area contributed by atoms with E-state index in [0.29, 0.717) is 13.0 Å². The number of nitrogens with one attached hydrogen (secondary N) is 1. The average Bonchev–Trinajstić information content (AvgIpc) is 2.95. The predicted molar refractivity (Wildman–Crippen MR) is 79.8 cm³/mol. The minimum absolute atomic E-state index is 0.00903. The standard InChI is InChI=1S/C16H22N2O4/c17-16(20)12-3-5-18(6-4-12)9-13(19)7-11-1-2-14-15(8-11)22-10-21-14/h1-2,8,12-13,19H,3-7,9-10H2,(H2,17,20)/p+1/t13-/m1/s1. The number of benzene rings is 1. The van der Waals surface area contributed by atoms with Crippen LogP contribution in [0.15, 0.2) is 18.2 Å². The van der Waals surface area contributed by atoms with Crippen molar-refractivity contribution >= 4 is 5.91 Å². The van der Waals surface area contributed by atoms with Crippen molar-refractivity contribution in [3.63, 3.8) is 0 Å². The van der Waals surface area contributed by atoms with Gasteiger partial charge in [-0.3, -0.25) is 4.79 Å². The Morgan fingerprint density at radius 3 is 2.77 bits per heavy atom. The molecule has 3 rings (SSSR count). The van der Waals surface area contributed by atoms with Gasteiger partial charge < -0.3 is 25.2 Å². The van der Waals surface area contributed by atoms with Crippen LogP contribution in [0.1, 0.15) is 18.4 Å². The third kappa shape index (κ3) is 3.51. The second kappa shape index (κ2) is 6.54. The lowest BCUT2D eigenvalue weighted by Crippen LogP contribution is -3.14. The van der Waals surface area contributed by atoms with Gasteiger partial charge >= 0.3 is 0 Å². The summed E-state index contributed by atoms with van der Waals surface area (Å²) in [6, 6.07) is 5.78. The Labute approximate surface area is 129 Å². The van der Waals surface area contributed by atoms with Crippen LogP contribution in [0, 0.1) is 5.92 Å². The van der Waals surface area contributed by atoms with Gasteiger partial charge in [-0.25, -0.2) is 0 Å². The van der Waals surface area contributed by atoms with Gasteiger partial charge in [-0.1, -0.05) is 6.07 Å². The fourth-order valence-corrected chi connectivity index (χ4v) is 3.26. The summed E-state index contributed by atoms with van der Waals surface area (Å²) in [5.74, 6) is 1.33. The fraction of sp³-hybridized carbons (Fsp3) is 0.562. The van der Waals surface area contributed by atoms with Crippen LogP contribution in [0.2, 0.25) is 0 Å². The van der Waals surface area contributed by atoms with E-state index in [1.807, 2.05) is 18.2 Å². The molecule has 1 aromatic carbocycles. The minimum Gasteiger partial charge on any atom is -0.454 e. The summed E-state index contributed by atoms with van der Waals surface area (Å²) < 4.78 is 10.6. The summed E-state index contributed by atoms with van der Waals surface area (Å²) >= 11 is 0. The highest BCUT2D eigenvalue weighted by Crippen LogP contribution is 2.32. The summed E-state index contributed by atoms with van der Waals surface area (Å²) in [7, 11) is 0. The third-order valence-electron chi connectivity index (χ3n) is 4.53. The maximum Gasteiger partial charge on any atom is 0.231 e. The van der Waals surface area contributed by atoms with Gasteiger partial charge in [-0.2, -0.15) is 0 Å². The van der Waals surface area contributed by atoms with Crippen LogP contribution in [0.25, 0.3) is 0 Å². The molecule has 0 radical (unpaired) electrons. The summed E-state index contributed by atoms with van der Waals surface area (Å²) in [5, 5.41) is 10.3. The minimum atomic E-state index is -0.402. The van der Waals surface area contributed by atoms with Gasteiger partial charge in [0.25, 0.3) is 0 Å². The number of aliphatic hydroxyl groups excluding tert-OH is 1. The fourth-order valence-electron chi connectivity index (χ4n) is 3.26. The number of nitrogens with two attached hydrogens (primary N) is 1. The number of primary amides is 1. The van der Waals surface area contributed by atoms with Crippen molar-refractivity contribution < 1.29 is 24.3 Å². The number of aliphatic hydroxyl groups is 1. The first-order valence-corrected chi connectivity index (χ1v) is 7.81. The topological polar surface area (TPSA) is 86.2 Å². The number of amides is 1. The maximum absolute atomic E-state index is 11.2. The van der Waals surface area contributed by atoms with E-state index in [4.69, 9.17) is 15.2 Å². The Bertz CT molecular complexity index is 541. The molecular weight excluding hydrogens is 284 g/mol. The molecule has 1 saturated heterocycles. The highest BCUT2D eigenvalue weighted by molar-refractivity contribution is 5.76.